The third kappa shape index (κ3) is 5.62. The van der Waals surface area contributed by atoms with Crippen molar-refractivity contribution in [3.8, 4) is 0 Å². The maximum atomic E-state index is 13.9. The molecule has 1 amide bonds. The van der Waals surface area contributed by atoms with Crippen LogP contribution in [0.5, 0.6) is 0 Å². The average Bonchev–Trinajstić information content (AvgIpc) is 2.62. The van der Waals surface area contributed by atoms with Crippen molar-refractivity contribution in [3.63, 3.8) is 0 Å². The minimum Gasteiger partial charge on any atom is -0.353 e. The van der Waals surface area contributed by atoms with Gasteiger partial charge in [0.1, 0.15) is 16.8 Å². The quantitative estimate of drug-likeness (QED) is 0.569. The fourth-order valence-electron chi connectivity index (χ4n) is 2.39. The summed E-state index contributed by atoms with van der Waals surface area (Å²) in [5, 5.41) is 5.56. The molecule has 0 aliphatic carbocycles. The molecule has 0 bridgehead atoms. The number of hydrogen-bond donors (Lipinski definition) is 3. The van der Waals surface area contributed by atoms with E-state index < -0.39 is 32.7 Å². The number of halogens is 1. The Labute approximate surface area is 152 Å². The highest BCUT2D eigenvalue weighted by Gasteiger charge is 2.27. The lowest BCUT2D eigenvalue weighted by Crippen LogP contribution is -2.49. The van der Waals surface area contributed by atoms with Crippen LogP contribution in [-0.2, 0) is 21.2 Å². The zero-order valence-corrected chi connectivity index (χ0v) is 15.2. The molecule has 2 aromatic carbocycles. The zero-order chi connectivity index (χ0) is 19.0. The van der Waals surface area contributed by atoms with E-state index in [1.807, 2.05) is 6.07 Å². The summed E-state index contributed by atoms with van der Waals surface area (Å²) in [6.45, 7) is 0.895. The molecule has 2 aromatic rings. The Kier molecular flexibility index (Phi) is 7.26. The lowest BCUT2D eigenvalue weighted by molar-refractivity contribution is -0.122. The van der Waals surface area contributed by atoms with Gasteiger partial charge in [-0.1, -0.05) is 42.5 Å². The fraction of sp³-hybridized carbons (Fsp3) is 0.278. The molecule has 0 aromatic heterocycles. The predicted molar refractivity (Wildman–Crippen MR) is 97.6 cm³/mol. The Morgan fingerprint density at radius 2 is 1.69 bits per heavy atom. The third-order valence-electron chi connectivity index (χ3n) is 3.70. The molecule has 0 spiro atoms. The summed E-state index contributed by atoms with van der Waals surface area (Å²) >= 11 is 0. The number of carbonyl (C=O) groups excluding carboxylic acids is 1. The van der Waals surface area contributed by atoms with Gasteiger partial charge in [-0.2, -0.15) is 4.72 Å². The summed E-state index contributed by atoms with van der Waals surface area (Å²) in [5.41, 5.74) is 0.789. The molecule has 1 atom stereocenters. The van der Waals surface area contributed by atoms with Gasteiger partial charge in [0, 0.05) is 13.1 Å². The van der Waals surface area contributed by atoms with Gasteiger partial charge < -0.3 is 10.6 Å². The first-order valence-electron chi connectivity index (χ1n) is 8.17. The van der Waals surface area contributed by atoms with E-state index in [2.05, 4.69) is 15.4 Å². The van der Waals surface area contributed by atoms with E-state index in [0.717, 1.165) is 17.7 Å². The zero-order valence-electron chi connectivity index (χ0n) is 14.4. The number of hydrogen-bond acceptors (Lipinski definition) is 4. The molecule has 0 saturated carbocycles. The lowest BCUT2D eigenvalue weighted by atomic mass is 10.1. The largest absolute Gasteiger partial charge is 0.353 e. The number of sulfonamides is 1. The molecule has 8 heteroatoms. The molecule has 0 radical (unpaired) electrons. The molecule has 2 rings (SSSR count). The summed E-state index contributed by atoms with van der Waals surface area (Å²) in [6, 6.07) is 13.0. The van der Waals surface area contributed by atoms with Crippen LogP contribution in [-0.4, -0.2) is 40.5 Å². The first kappa shape index (κ1) is 20.0. The number of nitrogens with one attached hydrogen (secondary N) is 3. The van der Waals surface area contributed by atoms with Gasteiger partial charge in [0.05, 0.1) is 0 Å². The first-order valence-corrected chi connectivity index (χ1v) is 9.65. The van der Waals surface area contributed by atoms with Crippen molar-refractivity contribution >= 4 is 15.9 Å². The van der Waals surface area contributed by atoms with Gasteiger partial charge in [0.2, 0.25) is 15.9 Å². The molecule has 0 fully saturated rings. The summed E-state index contributed by atoms with van der Waals surface area (Å²) in [6.07, 6.45) is 0.153. The topological polar surface area (TPSA) is 87.3 Å². The maximum Gasteiger partial charge on any atom is 0.244 e. The molecular weight excluding hydrogens is 357 g/mol. The second kappa shape index (κ2) is 9.42. The maximum absolute atomic E-state index is 13.9. The first-order chi connectivity index (χ1) is 12.4. The molecule has 0 saturated heterocycles. The van der Waals surface area contributed by atoms with Crippen molar-refractivity contribution in [2.45, 2.75) is 17.4 Å². The molecule has 140 valence electrons. The number of carbonyl (C=O) groups is 1. The second-order valence-electron chi connectivity index (χ2n) is 5.69. The molecule has 1 unspecified atom stereocenters. The Hall–Kier alpha value is -2.29. The molecule has 0 heterocycles. The van der Waals surface area contributed by atoms with Crippen LogP contribution in [0.3, 0.4) is 0 Å². The Balaban J connectivity index is 2.22. The minimum absolute atomic E-state index is 0.153. The van der Waals surface area contributed by atoms with Crippen LogP contribution in [0, 0.1) is 5.82 Å². The fourth-order valence-corrected chi connectivity index (χ4v) is 3.66. The van der Waals surface area contributed by atoms with Crippen molar-refractivity contribution in [2.24, 2.45) is 0 Å². The van der Waals surface area contributed by atoms with Gasteiger partial charge in [-0.05, 0) is 31.2 Å². The number of rotatable bonds is 9. The molecular formula is C18H22FN3O3S. The Bertz CT molecular complexity index is 829. The van der Waals surface area contributed by atoms with E-state index in [-0.39, 0.29) is 6.42 Å². The second-order valence-corrected chi connectivity index (χ2v) is 7.37. The van der Waals surface area contributed by atoms with Crippen molar-refractivity contribution in [1.29, 1.82) is 0 Å². The third-order valence-corrected chi connectivity index (χ3v) is 5.20. The van der Waals surface area contributed by atoms with Gasteiger partial charge >= 0.3 is 0 Å². The van der Waals surface area contributed by atoms with Gasteiger partial charge in [-0.3, -0.25) is 4.79 Å². The van der Waals surface area contributed by atoms with Crippen molar-refractivity contribution < 1.29 is 17.6 Å². The normalized spacial score (nSPS) is 12.5. The van der Waals surface area contributed by atoms with Crippen LogP contribution >= 0.6 is 0 Å². The van der Waals surface area contributed by atoms with Crippen molar-refractivity contribution in [2.75, 3.05) is 20.1 Å². The molecule has 3 N–H and O–H groups in total. The van der Waals surface area contributed by atoms with E-state index >= 15 is 0 Å². The van der Waals surface area contributed by atoms with Crippen LogP contribution in [0.2, 0.25) is 0 Å². The number of likely N-dealkylation sites (N-methyl/N-ethyl adjacent to an activating group) is 1. The smallest absolute Gasteiger partial charge is 0.244 e. The highest BCUT2D eigenvalue weighted by atomic mass is 32.2. The predicted octanol–water partition coefficient (Wildman–Crippen LogP) is 1.05. The summed E-state index contributed by atoms with van der Waals surface area (Å²) in [7, 11) is -2.44. The average molecular weight is 379 g/mol. The minimum atomic E-state index is -4.19. The van der Waals surface area contributed by atoms with Crippen LogP contribution in [0.4, 0.5) is 4.39 Å². The van der Waals surface area contributed by atoms with Crippen LogP contribution < -0.4 is 15.4 Å². The van der Waals surface area contributed by atoms with Crippen LogP contribution in [0.25, 0.3) is 0 Å². The van der Waals surface area contributed by atoms with Crippen molar-refractivity contribution in [1.82, 2.24) is 15.4 Å². The van der Waals surface area contributed by atoms with Gasteiger partial charge in [0.25, 0.3) is 0 Å². The lowest BCUT2D eigenvalue weighted by Gasteiger charge is -2.19. The standard InChI is InChI=1S/C18H22FN3O3S/c1-20-11-12-21-18(23)16(13-14-7-3-2-4-8-14)22-26(24,25)17-10-6-5-9-15(17)19/h2-10,16,20,22H,11-13H2,1H3,(H,21,23). The molecule has 0 aliphatic heterocycles. The van der Waals surface area contributed by atoms with Gasteiger partial charge in [-0.25, -0.2) is 12.8 Å². The highest BCUT2D eigenvalue weighted by molar-refractivity contribution is 7.89. The van der Waals surface area contributed by atoms with Crippen LogP contribution in [0.1, 0.15) is 5.56 Å². The Morgan fingerprint density at radius 3 is 2.35 bits per heavy atom. The summed E-state index contributed by atoms with van der Waals surface area (Å²) in [5.74, 6) is -1.34. The Morgan fingerprint density at radius 1 is 1.04 bits per heavy atom. The van der Waals surface area contributed by atoms with Gasteiger partial charge in [-0.15, -0.1) is 0 Å². The summed E-state index contributed by atoms with van der Waals surface area (Å²) in [4.78, 5) is 12.0. The van der Waals surface area contributed by atoms with Crippen LogP contribution in [0.15, 0.2) is 59.5 Å². The van der Waals surface area contributed by atoms with E-state index in [1.165, 1.54) is 12.1 Å². The highest BCUT2D eigenvalue weighted by Crippen LogP contribution is 2.15. The number of amides is 1. The summed E-state index contributed by atoms with van der Waals surface area (Å²) < 4.78 is 41.3. The monoisotopic (exact) mass is 379 g/mol. The van der Waals surface area contributed by atoms with E-state index in [1.54, 1.807) is 31.3 Å². The van der Waals surface area contributed by atoms with E-state index in [0.29, 0.717) is 13.1 Å². The SMILES string of the molecule is CNCCNC(=O)C(Cc1ccccc1)NS(=O)(=O)c1ccccc1F. The van der Waals surface area contributed by atoms with E-state index in [4.69, 9.17) is 0 Å². The molecule has 6 nitrogen and oxygen atoms in total. The molecule has 26 heavy (non-hydrogen) atoms. The molecule has 0 aliphatic rings. The van der Waals surface area contributed by atoms with Gasteiger partial charge in [0.15, 0.2) is 0 Å². The number of benzene rings is 2. The van der Waals surface area contributed by atoms with E-state index in [9.17, 15) is 17.6 Å². The van der Waals surface area contributed by atoms with Crippen molar-refractivity contribution in [3.05, 3.63) is 66.0 Å².